The first-order valence-electron chi connectivity index (χ1n) is 5.99. The molecule has 0 aliphatic heterocycles. The normalized spacial score (nSPS) is 12.6. The summed E-state index contributed by atoms with van der Waals surface area (Å²) in [7, 11) is -1.09. The Morgan fingerprint density at radius 3 is 2.22 bits per heavy atom. The summed E-state index contributed by atoms with van der Waals surface area (Å²) in [6, 6.07) is 5.22. The Kier molecular flexibility index (Phi) is 4.10. The van der Waals surface area contributed by atoms with Gasteiger partial charge in [-0.05, 0) is 57.8 Å². The molecule has 0 aliphatic carbocycles. The van der Waals surface area contributed by atoms with Gasteiger partial charge in [-0.15, -0.1) is 0 Å². The van der Waals surface area contributed by atoms with Crippen molar-refractivity contribution in [3.05, 3.63) is 23.8 Å². The van der Waals surface area contributed by atoms with E-state index in [1.807, 2.05) is 6.92 Å². The molecule has 0 atom stereocenters. The van der Waals surface area contributed by atoms with Gasteiger partial charge in [0.15, 0.2) is 0 Å². The summed E-state index contributed by atoms with van der Waals surface area (Å²) in [5, 5.41) is 20.1. The van der Waals surface area contributed by atoms with Crippen molar-refractivity contribution in [3.63, 3.8) is 0 Å². The van der Waals surface area contributed by atoms with Crippen molar-refractivity contribution in [2.45, 2.75) is 45.8 Å². The maximum atomic E-state index is 10.1. The minimum Gasteiger partial charge on any atom is -0.423 e. The summed E-state index contributed by atoms with van der Waals surface area (Å²) in [5.41, 5.74) is 5.88. The van der Waals surface area contributed by atoms with Gasteiger partial charge in [-0.25, -0.2) is 0 Å². The summed E-state index contributed by atoms with van der Waals surface area (Å²) in [6.07, 6.45) is 0. The van der Waals surface area contributed by atoms with E-state index in [9.17, 15) is 10.1 Å². The Labute approximate surface area is 109 Å². The van der Waals surface area contributed by atoms with E-state index in [1.165, 1.54) is 0 Å². The smallest absolute Gasteiger partial charge is 0.423 e. The Balaban J connectivity index is 2.92. The van der Waals surface area contributed by atoms with Crippen LogP contribution in [0.4, 0.5) is 5.69 Å². The molecule has 0 spiro atoms. The molecule has 1 rings (SSSR count). The van der Waals surface area contributed by atoms with E-state index in [1.54, 1.807) is 45.9 Å². The first-order valence-corrected chi connectivity index (χ1v) is 5.99. The highest BCUT2D eigenvalue weighted by Gasteiger charge is 2.39. The Morgan fingerprint density at radius 2 is 1.78 bits per heavy atom. The quantitative estimate of drug-likeness (QED) is 0.547. The van der Waals surface area contributed by atoms with Crippen molar-refractivity contribution in [1.29, 1.82) is 0 Å². The van der Waals surface area contributed by atoms with Gasteiger partial charge in [-0.2, -0.15) is 0 Å². The fourth-order valence-electron chi connectivity index (χ4n) is 1.46. The fourth-order valence-corrected chi connectivity index (χ4v) is 1.46. The molecule has 0 fully saturated rings. The minimum atomic E-state index is -1.09. The zero-order chi connectivity index (χ0) is 14.1. The molecule has 4 N–H and O–H groups in total. The Hall–Kier alpha value is -1.04. The van der Waals surface area contributed by atoms with E-state index < -0.39 is 18.3 Å². The lowest BCUT2D eigenvalue weighted by atomic mass is 9.74. The van der Waals surface area contributed by atoms with Gasteiger partial charge in [-0.3, -0.25) is 0 Å². The molecular weight excluding hydrogens is 229 g/mol. The van der Waals surface area contributed by atoms with E-state index in [0.717, 1.165) is 5.56 Å². The van der Waals surface area contributed by atoms with Gasteiger partial charge in [-0.1, -0.05) is 6.07 Å². The zero-order valence-corrected chi connectivity index (χ0v) is 11.7. The predicted octanol–water partition coefficient (Wildman–Crippen LogP) is 0.831. The summed E-state index contributed by atoms with van der Waals surface area (Å²) in [5.74, 6) is 0. The molecule has 0 amide bonds. The number of nitrogens with two attached hydrogens (primary N) is 1. The van der Waals surface area contributed by atoms with Gasteiger partial charge in [0.25, 0.3) is 0 Å². The molecule has 0 heterocycles. The lowest BCUT2D eigenvalue weighted by Crippen LogP contribution is -2.53. The molecular formula is C13H22BNO3. The molecule has 0 radical (unpaired) electrons. The predicted molar refractivity (Wildman–Crippen MR) is 74.7 cm³/mol. The average molecular weight is 251 g/mol. The summed E-state index contributed by atoms with van der Waals surface area (Å²) >= 11 is 0. The molecule has 0 aliphatic rings. The molecule has 1 aromatic carbocycles. The second kappa shape index (κ2) is 4.92. The molecule has 1 aromatic rings. The van der Waals surface area contributed by atoms with Crippen LogP contribution in [0.1, 0.15) is 33.3 Å². The number of hydrogen-bond donors (Lipinski definition) is 3. The van der Waals surface area contributed by atoms with Crippen LogP contribution in [-0.2, 0) is 4.65 Å². The van der Waals surface area contributed by atoms with E-state index in [2.05, 4.69) is 0 Å². The summed E-state index contributed by atoms with van der Waals surface area (Å²) in [6.45, 7) is 8.63. The number of nitrogen functional groups attached to an aromatic ring is 1. The molecule has 0 saturated carbocycles. The van der Waals surface area contributed by atoms with Crippen LogP contribution in [0.5, 0.6) is 0 Å². The molecule has 0 bridgehead atoms. The van der Waals surface area contributed by atoms with Crippen LogP contribution in [0, 0.1) is 6.92 Å². The second-order valence-electron chi connectivity index (χ2n) is 5.66. The third kappa shape index (κ3) is 3.25. The Bertz CT molecular complexity index is 427. The average Bonchev–Trinajstić information content (AvgIpc) is 2.14. The van der Waals surface area contributed by atoms with Crippen LogP contribution in [0.15, 0.2) is 18.2 Å². The lowest BCUT2D eigenvalue weighted by molar-refractivity contribution is -0.0982. The third-order valence-corrected chi connectivity index (χ3v) is 3.44. The molecule has 0 aromatic heterocycles. The van der Waals surface area contributed by atoms with Gasteiger partial charge in [0.2, 0.25) is 0 Å². The third-order valence-electron chi connectivity index (χ3n) is 3.44. The number of aliphatic hydroxyl groups is 1. The van der Waals surface area contributed by atoms with Gasteiger partial charge in [0, 0.05) is 5.69 Å². The highest BCUT2D eigenvalue weighted by molar-refractivity contribution is 6.60. The van der Waals surface area contributed by atoms with Crippen molar-refractivity contribution < 1.29 is 14.8 Å². The maximum absolute atomic E-state index is 10.1. The molecule has 18 heavy (non-hydrogen) atoms. The van der Waals surface area contributed by atoms with Crippen LogP contribution >= 0.6 is 0 Å². The maximum Gasteiger partial charge on any atom is 0.491 e. The van der Waals surface area contributed by atoms with E-state index in [0.29, 0.717) is 11.2 Å². The highest BCUT2D eigenvalue weighted by atomic mass is 16.5. The van der Waals surface area contributed by atoms with Crippen molar-refractivity contribution in [2.24, 2.45) is 0 Å². The van der Waals surface area contributed by atoms with Crippen molar-refractivity contribution in [1.82, 2.24) is 0 Å². The largest absolute Gasteiger partial charge is 0.491 e. The van der Waals surface area contributed by atoms with Gasteiger partial charge in [0.05, 0.1) is 11.2 Å². The molecule has 4 nitrogen and oxygen atoms in total. The molecule has 5 heteroatoms. The van der Waals surface area contributed by atoms with Crippen LogP contribution in [0.25, 0.3) is 0 Å². The molecule has 100 valence electrons. The first kappa shape index (κ1) is 15.0. The monoisotopic (exact) mass is 251 g/mol. The SMILES string of the molecule is Cc1cc(N)ccc1B(O)OC(C)(C)C(C)(C)O. The summed E-state index contributed by atoms with van der Waals surface area (Å²) < 4.78 is 5.57. The van der Waals surface area contributed by atoms with Crippen molar-refractivity contribution in [2.75, 3.05) is 5.73 Å². The van der Waals surface area contributed by atoms with Crippen molar-refractivity contribution in [3.8, 4) is 0 Å². The number of aryl methyl sites for hydroxylation is 1. The fraction of sp³-hybridized carbons (Fsp3) is 0.538. The summed E-state index contributed by atoms with van der Waals surface area (Å²) in [4.78, 5) is 0. The van der Waals surface area contributed by atoms with Crippen LogP contribution in [0.3, 0.4) is 0 Å². The minimum absolute atomic E-state index is 0.644. The standard InChI is InChI=1S/C13H22BNO3/c1-9-8-10(15)6-7-11(9)14(17)18-13(4,5)12(2,3)16/h6-8,16-17H,15H2,1-5H3. The van der Waals surface area contributed by atoms with Crippen LogP contribution in [0.2, 0.25) is 0 Å². The van der Waals surface area contributed by atoms with Gasteiger partial charge >= 0.3 is 7.12 Å². The van der Waals surface area contributed by atoms with Crippen LogP contribution in [-0.4, -0.2) is 28.5 Å². The van der Waals surface area contributed by atoms with Gasteiger partial charge in [0.1, 0.15) is 0 Å². The number of rotatable bonds is 4. The first-order chi connectivity index (χ1) is 8.04. The van der Waals surface area contributed by atoms with E-state index >= 15 is 0 Å². The van der Waals surface area contributed by atoms with E-state index in [4.69, 9.17) is 10.4 Å². The van der Waals surface area contributed by atoms with Crippen molar-refractivity contribution >= 4 is 18.3 Å². The lowest BCUT2D eigenvalue weighted by Gasteiger charge is -2.38. The van der Waals surface area contributed by atoms with E-state index in [-0.39, 0.29) is 0 Å². The highest BCUT2D eigenvalue weighted by Crippen LogP contribution is 2.25. The number of hydrogen-bond acceptors (Lipinski definition) is 4. The molecule has 0 saturated heterocycles. The number of anilines is 1. The molecule has 0 unspecified atom stereocenters. The topological polar surface area (TPSA) is 75.7 Å². The Morgan fingerprint density at radius 1 is 1.22 bits per heavy atom. The zero-order valence-electron chi connectivity index (χ0n) is 11.7. The second-order valence-corrected chi connectivity index (χ2v) is 5.66. The van der Waals surface area contributed by atoms with Gasteiger partial charge < -0.3 is 20.5 Å². The number of benzene rings is 1. The van der Waals surface area contributed by atoms with Crippen LogP contribution < -0.4 is 11.2 Å².